The van der Waals surface area contributed by atoms with Crippen molar-refractivity contribution in [2.75, 3.05) is 0 Å². The van der Waals surface area contributed by atoms with E-state index in [0.717, 1.165) is 0 Å². The minimum Gasteiger partial charge on any atom is -0.334 e. The molecule has 0 aliphatic rings. The zero-order chi connectivity index (χ0) is 10.8. The number of benzene rings is 1. The fraction of sp³-hybridized carbons (Fsp3) is 0.200. The van der Waals surface area contributed by atoms with Gasteiger partial charge < -0.3 is 10.3 Å². The Labute approximate surface area is 85.9 Å². The minimum atomic E-state index is -0.292. The van der Waals surface area contributed by atoms with Crippen molar-refractivity contribution in [1.82, 2.24) is 10.1 Å². The first-order valence-electron chi connectivity index (χ1n) is 4.50. The van der Waals surface area contributed by atoms with Gasteiger partial charge in [0.25, 0.3) is 5.89 Å². The largest absolute Gasteiger partial charge is 0.334 e. The Morgan fingerprint density at radius 3 is 2.87 bits per heavy atom. The predicted molar refractivity (Wildman–Crippen MR) is 52.3 cm³/mol. The molecule has 0 radical (unpaired) electrons. The van der Waals surface area contributed by atoms with Crippen LogP contribution in [0.5, 0.6) is 0 Å². The Morgan fingerprint density at radius 1 is 1.47 bits per heavy atom. The Hall–Kier alpha value is -1.75. The van der Waals surface area contributed by atoms with E-state index in [1.54, 1.807) is 19.1 Å². The number of rotatable bonds is 2. The maximum atomic E-state index is 13.2. The van der Waals surface area contributed by atoms with Crippen LogP contribution in [-0.2, 0) is 6.54 Å². The monoisotopic (exact) mass is 207 g/mol. The molecule has 0 atom stereocenters. The fourth-order valence-corrected chi connectivity index (χ4v) is 1.18. The van der Waals surface area contributed by atoms with Crippen molar-refractivity contribution in [1.29, 1.82) is 0 Å². The first-order chi connectivity index (χ1) is 7.20. The summed E-state index contributed by atoms with van der Waals surface area (Å²) in [7, 11) is 0. The van der Waals surface area contributed by atoms with Gasteiger partial charge in [-0.05, 0) is 24.6 Å². The van der Waals surface area contributed by atoms with Gasteiger partial charge in [0.15, 0.2) is 5.82 Å². The molecule has 0 fully saturated rings. The van der Waals surface area contributed by atoms with E-state index in [2.05, 4.69) is 10.1 Å². The van der Waals surface area contributed by atoms with Crippen LogP contribution in [0.15, 0.2) is 22.7 Å². The van der Waals surface area contributed by atoms with Gasteiger partial charge in [-0.15, -0.1) is 0 Å². The zero-order valence-corrected chi connectivity index (χ0v) is 8.20. The third kappa shape index (κ3) is 1.87. The highest BCUT2D eigenvalue weighted by Crippen LogP contribution is 2.19. The maximum Gasteiger partial charge on any atom is 0.258 e. The van der Waals surface area contributed by atoms with Gasteiger partial charge in [0.2, 0.25) is 0 Å². The van der Waals surface area contributed by atoms with Crippen molar-refractivity contribution in [3.63, 3.8) is 0 Å². The summed E-state index contributed by atoms with van der Waals surface area (Å²) in [6, 6.07) is 4.76. The Bertz CT molecular complexity index is 481. The van der Waals surface area contributed by atoms with E-state index in [1.165, 1.54) is 6.07 Å². The molecule has 0 aliphatic heterocycles. The Morgan fingerprint density at radius 2 is 2.27 bits per heavy atom. The standard InChI is InChI=1S/C10H10FN3O/c1-6-2-3-7(4-8(6)11)10-13-9(5-12)14-15-10/h2-4H,5,12H2,1H3. The molecule has 2 N–H and O–H groups in total. The fourth-order valence-electron chi connectivity index (χ4n) is 1.18. The van der Waals surface area contributed by atoms with Gasteiger partial charge in [0.05, 0.1) is 6.54 Å². The number of hydrogen-bond donors (Lipinski definition) is 1. The normalized spacial score (nSPS) is 10.6. The zero-order valence-electron chi connectivity index (χ0n) is 8.20. The highest BCUT2D eigenvalue weighted by molar-refractivity contribution is 5.53. The molecule has 0 spiro atoms. The Kier molecular flexibility index (Phi) is 2.47. The van der Waals surface area contributed by atoms with Crippen LogP contribution in [0.2, 0.25) is 0 Å². The molecule has 2 aromatic rings. The SMILES string of the molecule is Cc1ccc(-c2nc(CN)no2)cc1F. The summed E-state index contributed by atoms with van der Waals surface area (Å²) in [6.45, 7) is 1.90. The predicted octanol–water partition coefficient (Wildman–Crippen LogP) is 1.64. The molecule has 0 bridgehead atoms. The highest BCUT2D eigenvalue weighted by Gasteiger charge is 2.09. The Balaban J connectivity index is 2.40. The molecule has 5 heteroatoms. The van der Waals surface area contributed by atoms with Crippen molar-refractivity contribution in [2.24, 2.45) is 5.73 Å². The molecular formula is C10H10FN3O. The van der Waals surface area contributed by atoms with E-state index in [4.69, 9.17) is 10.3 Å². The molecule has 1 heterocycles. The quantitative estimate of drug-likeness (QED) is 0.813. The molecule has 4 nitrogen and oxygen atoms in total. The maximum absolute atomic E-state index is 13.2. The second kappa shape index (κ2) is 3.78. The lowest BCUT2D eigenvalue weighted by Crippen LogP contribution is -1.97. The van der Waals surface area contributed by atoms with Gasteiger partial charge in [-0.1, -0.05) is 11.2 Å². The second-order valence-electron chi connectivity index (χ2n) is 3.18. The van der Waals surface area contributed by atoms with Gasteiger partial charge >= 0.3 is 0 Å². The van der Waals surface area contributed by atoms with E-state index in [-0.39, 0.29) is 18.3 Å². The van der Waals surface area contributed by atoms with E-state index >= 15 is 0 Å². The molecule has 2 rings (SSSR count). The number of nitrogens with zero attached hydrogens (tertiary/aromatic N) is 2. The van der Waals surface area contributed by atoms with Crippen LogP contribution in [0.4, 0.5) is 4.39 Å². The van der Waals surface area contributed by atoms with Gasteiger partial charge in [0, 0.05) is 5.56 Å². The first kappa shape index (κ1) is 9.79. The molecule has 1 aromatic heterocycles. The summed E-state index contributed by atoms with van der Waals surface area (Å²) < 4.78 is 18.2. The summed E-state index contributed by atoms with van der Waals surface area (Å²) in [5.41, 5.74) is 6.48. The minimum absolute atomic E-state index is 0.206. The molecular weight excluding hydrogens is 197 g/mol. The average Bonchev–Trinajstić information content (AvgIpc) is 2.70. The number of halogens is 1. The van der Waals surface area contributed by atoms with Crippen LogP contribution < -0.4 is 5.73 Å². The van der Waals surface area contributed by atoms with Crippen LogP contribution in [0, 0.1) is 12.7 Å². The van der Waals surface area contributed by atoms with E-state index in [1.807, 2.05) is 0 Å². The van der Waals surface area contributed by atoms with Gasteiger partial charge in [-0.25, -0.2) is 4.39 Å². The van der Waals surface area contributed by atoms with Crippen molar-refractivity contribution in [2.45, 2.75) is 13.5 Å². The summed E-state index contributed by atoms with van der Waals surface area (Å²) in [5.74, 6) is 0.403. The van der Waals surface area contributed by atoms with Gasteiger partial charge in [0.1, 0.15) is 5.82 Å². The van der Waals surface area contributed by atoms with Crippen molar-refractivity contribution < 1.29 is 8.91 Å². The van der Waals surface area contributed by atoms with Crippen LogP contribution in [-0.4, -0.2) is 10.1 Å². The number of hydrogen-bond acceptors (Lipinski definition) is 4. The number of aromatic nitrogens is 2. The average molecular weight is 207 g/mol. The molecule has 15 heavy (non-hydrogen) atoms. The van der Waals surface area contributed by atoms with Crippen LogP contribution >= 0.6 is 0 Å². The summed E-state index contributed by atoms with van der Waals surface area (Å²) in [6.07, 6.45) is 0. The molecule has 0 saturated carbocycles. The van der Waals surface area contributed by atoms with Crippen LogP contribution in [0.1, 0.15) is 11.4 Å². The van der Waals surface area contributed by atoms with Crippen LogP contribution in [0.25, 0.3) is 11.5 Å². The number of nitrogens with two attached hydrogens (primary N) is 1. The topological polar surface area (TPSA) is 64.9 Å². The molecule has 78 valence electrons. The van der Waals surface area contributed by atoms with Gasteiger partial charge in [-0.3, -0.25) is 0 Å². The lowest BCUT2D eigenvalue weighted by atomic mass is 10.1. The third-order valence-corrected chi connectivity index (χ3v) is 2.07. The molecule has 1 aromatic carbocycles. The molecule has 0 aliphatic carbocycles. The molecule has 0 saturated heterocycles. The summed E-state index contributed by atoms with van der Waals surface area (Å²) in [5, 5.41) is 3.63. The third-order valence-electron chi connectivity index (χ3n) is 2.07. The van der Waals surface area contributed by atoms with E-state index in [9.17, 15) is 4.39 Å². The lowest BCUT2D eigenvalue weighted by molar-refractivity contribution is 0.422. The molecule has 0 amide bonds. The first-order valence-corrected chi connectivity index (χ1v) is 4.50. The summed E-state index contributed by atoms with van der Waals surface area (Å²) in [4.78, 5) is 4.00. The van der Waals surface area contributed by atoms with E-state index < -0.39 is 0 Å². The molecule has 0 unspecified atom stereocenters. The summed E-state index contributed by atoms with van der Waals surface area (Å²) >= 11 is 0. The van der Waals surface area contributed by atoms with E-state index in [0.29, 0.717) is 17.0 Å². The van der Waals surface area contributed by atoms with Crippen molar-refractivity contribution in [3.8, 4) is 11.5 Å². The van der Waals surface area contributed by atoms with Crippen molar-refractivity contribution >= 4 is 0 Å². The lowest BCUT2D eigenvalue weighted by Gasteiger charge is -1.97. The second-order valence-corrected chi connectivity index (χ2v) is 3.18. The smallest absolute Gasteiger partial charge is 0.258 e. The van der Waals surface area contributed by atoms with Crippen molar-refractivity contribution in [3.05, 3.63) is 35.4 Å². The van der Waals surface area contributed by atoms with Gasteiger partial charge in [-0.2, -0.15) is 4.98 Å². The number of aryl methyl sites for hydroxylation is 1. The van der Waals surface area contributed by atoms with Crippen LogP contribution in [0.3, 0.4) is 0 Å². The highest BCUT2D eigenvalue weighted by atomic mass is 19.1.